The topological polar surface area (TPSA) is 29.3 Å². The minimum atomic E-state index is 0.107. The summed E-state index contributed by atoms with van der Waals surface area (Å²) >= 11 is 6.43. The lowest BCUT2D eigenvalue weighted by Crippen LogP contribution is -2.44. The number of hydrogen-bond donors (Lipinski definition) is 1. The zero-order valence-corrected chi connectivity index (χ0v) is 13.0. The summed E-state index contributed by atoms with van der Waals surface area (Å²) in [6, 6.07) is 9.29. The Morgan fingerprint density at radius 2 is 1.95 bits per heavy atom. The Morgan fingerprint density at radius 1 is 1.20 bits per heavy atom. The molecule has 2 N–H and O–H groups in total. The SMILES string of the molecule is CC(N)C(c1ccccc1Cl)N1CCC2CCCCC21. The largest absolute Gasteiger partial charge is 0.326 e. The minimum absolute atomic E-state index is 0.107. The zero-order valence-electron chi connectivity index (χ0n) is 12.3. The van der Waals surface area contributed by atoms with Gasteiger partial charge in [0.2, 0.25) is 0 Å². The van der Waals surface area contributed by atoms with Gasteiger partial charge in [0.05, 0.1) is 6.04 Å². The molecule has 0 amide bonds. The average molecular weight is 293 g/mol. The van der Waals surface area contributed by atoms with Gasteiger partial charge in [-0.2, -0.15) is 0 Å². The first kappa shape index (κ1) is 14.4. The molecule has 1 aliphatic carbocycles. The maximum absolute atomic E-state index is 6.43. The molecule has 3 heteroatoms. The van der Waals surface area contributed by atoms with E-state index in [1.165, 1.54) is 44.2 Å². The molecule has 0 aromatic heterocycles. The molecule has 4 atom stereocenters. The van der Waals surface area contributed by atoms with Crippen LogP contribution in [0, 0.1) is 5.92 Å². The van der Waals surface area contributed by atoms with Gasteiger partial charge in [0.25, 0.3) is 0 Å². The van der Waals surface area contributed by atoms with E-state index in [0.717, 1.165) is 17.0 Å². The van der Waals surface area contributed by atoms with Crippen LogP contribution in [0.15, 0.2) is 24.3 Å². The minimum Gasteiger partial charge on any atom is -0.326 e. The number of rotatable bonds is 3. The van der Waals surface area contributed by atoms with E-state index in [4.69, 9.17) is 17.3 Å². The summed E-state index contributed by atoms with van der Waals surface area (Å²) in [4.78, 5) is 2.65. The third-order valence-electron chi connectivity index (χ3n) is 5.13. The van der Waals surface area contributed by atoms with Crippen LogP contribution in [0.3, 0.4) is 0 Å². The molecule has 1 aromatic carbocycles. The van der Waals surface area contributed by atoms with Crippen LogP contribution in [0.1, 0.15) is 50.6 Å². The van der Waals surface area contributed by atoms with Crippen LogP contribution in [0.25, 0.3) is 0 Å². The van der Waals surface area contributed by atoms with Crippen molar-refractivity contribution < 1.29 is 0 Å². The Kier molecular flexibility index (Phi) is 4.34. The van der Waals surface area contributed by atoms with Gasteiger partial charge < -0.3 is 5.73 Å². The highest BCUT2D eigenvalue weighted by Crippen LogP contribution is 2.42. The molecule has 1 heterocycles. The molecule has 1 aromatic rings. The molecule has 3 rings (SSSR count). The van der Waals surface area contributed by atoms with Gasteiger partial charge in [0.15, 0.2) is 0 Å². The summed E-state index contributed by atoms with van der Waals surface area (Å²) in [5.41, 5.74) is 7.54. The number of fused-ring (bicyclic) bond motifs is 1. The summed E-state index contributed by atoms with van der Waals surface area (Å²) in [5, 5.41) is 0.856. The van der Waals surface area contributed by atoms with E-state index in [9.17, 15) is 0 Å². The van der Waals surface area contributed by atoms with Gasteiger partial charge in [-0.3, -0.25) is 4.90 Å². The van der Waals surface area contributed by atoms with Gasteiger partial charge >= 0.3 is 0 Å². The average Bonchev–Trinajstić information content (AvgIpc) is 2.85. The summed E-state index contributed by atoms with van der Waals surface area (Å²) in [6.07, 6.45) is 6.84. The van der Waals surface area contributed by atoms with E-state index < -0.39 is 0 Å². The van der Waals surface area contributed by atoms with Crippen LogP contribution < -0.4 is 5.73 Å². The van der Waals surface area contributed by atoms with Crippen LogP contribution in [0.5, 0.6) is 0 Å². The van der Waals surface area contributed by atoms with Crippen LogP contribution in [-0.2, 0) is 0 Å². The fourth-order valence-electron chi connectivity index (χ4n) is 4.27. The lowest BCUT2D eigenvalue weighted by molar-refractivity contribution is 0.119. The predicted octanol–water partition coefficient (Wildman–Crippen LogP) is 3.99. The van der Waals surface area contributed by atoms with Crippen molar-refractivity contribution in [3.63, 3.8) is 0 Å². The molecular weight excluding hydrogens is 268 g/mol. The standard InChI is InChI=1S/C17H25ClN2/c1-12(19)17(14-7-3-4-8-15(14)18)20-11-10-13-6-2-5-9-16(13)20/h3-4,7-8,12-13,16-17H,2,5-6,9-11,19H2,1H3. The second-order valence-electron chi connectivity index (χ2n) is 6.46. The predicted molar refractivity (Wildman–Crippen MR) is 84.9 cm³/mol. The molecule has 2 nitrogen and oxygen atoms in total. The summed E-state index contributed by atoms with van der Waals surface area (Å²) in [5.74, 6) is 0.882. The van der Waals surface area contributed by atoms with E-state index in [0.29, 0.717) is 0 Å². The van der Waals surface area contributed by atoms with Gasteiger partial charge in [-0.1, -0.05) is 42.6 Å². The number of hydrogen-bond acceptors (Lipinski definition) is 2. The van der Waals surface area contributed by atoms with Crippen LogP contribution in [0.2, 0.25) is 5.02 Å². The highest BCUT2D eigenvalue weighted by atomic mass is 35.5. The molecule has 2 aliphatic rings. The molecule has 4 unspecified atom stereocenters. The second kappa shape index (κ2) is 6.05. The fraction of sp³-hybridized carbons (Fsp3) is 0.647. The van der Waals surface area contributed by atoms with Crippen molar-refractivity contribution >= 4 is 11.6 Å². The number of nitrogens with zero attached hydrogens (tertiary/aromatic N) is 1. The van der Waals surface area contributed by atoms with Crippen molar-refractivity contribution in [3.05, 3.63) is 34.9 Å². The lowest BCUT2D eigenvalue weighted by Gasteiger charge is -2.39. The quantitative estimate of drug-likeness (QED) is 0.912. The molecule has 0 bridgehead atoms. The first-order valence-electron chi connectivity index (χ1n) is 7.94. The normalized spacial score (nSPS) is 29.9. The van der Waals surface area contributed by atoms with Crippen molar-refractivity contribution in [2.45, 2.75) is 57.2 Å². The molecule has 20 heavy (non-hydrogen) atoms. The maximum Gasteiger partial charge on any atom is 0.0514 e. The first-order valence-corrected chi connectivity index (χ1v) is 8.32. The van der Waals surface area contributed by atoms with E-state index in [2.05, 4.69) is 24.0 Å². The molecule has 2 fully saturated rings. The van der Waals surface area contributed by atoms with E-state index in [1.807, 2.05) is 12.1 Å². The van der Waals surface area contributed by atoms with Crippen molar-refractivity contribution in [1.29, 1.82) is 0 Å². The molecule has 0 radical (unpaired) electrons. The highest BCUT2D eigenvalue weighted by Gasteiger charge is 2.40. The second-order valence-corrected chi connectivity index (χ2v) is 6.87. The van der Waals surface area contributed by atoms with E-state index >= 15 is 0 Å². The Bertz CT molecular complexity index is 460. The lowest BCUT2D eigenvalue weighted by atomic mass is 9.84. The Hall–Kier alpha value is -0.570. The number of nitrogens with two attached hydrogens (primary N) is 1. The van der Waals surface area contributed by atoms with Crippen LogP contribution in [0.4, 0.5) is 0 Å². The molecule has 1 aliphatic heterocycles. The smallest absolute Gasteiger partial charge is 0.0514 e. The van der Waals surface area contributed by atoms with Gasteiger partial charge in [0, 0.05) is 17.1 Å². The third-order valence-corrected chi connectivity index (χ3v) is 5.48. The van der Waals surface area contributed by atoms with Crippen molar-refractivity contribution in [2.24, 2.45) is 11.7 Å². The highest BCUT2D eigenvalue weighted by molar-refractivity contribution is 6.31. The molecule has 0 spiro atoms. The maximum atomic E-state index is 6.43. The van der Waals surface area contributed by atoms with Crippen LogP contribution >= 0.6 is 11.6 Å². The van der Waals surface area contributed by atoms with Crippen molar-refractivity contribution in [2.75, 3.05) is 6.54 Å². The van der Waals surface area contributed by atoms with Gasteiger partial charge in [0.1, 0.15) is 0 Å². The fourth-order valence-corrected chi connectivity index (χ4v) is 4.51. The number of likely N-dealkylation sites (tertiary alicyclic amines) is 1. The Balaban J connectivity index is 1.90. The first-order chi connectivity index (χ1) is 9.68. The van der Waals surface area contributed by atoms with Crippen molar-refractivity contribution in [1.82, 2.24) is 4.90 Å². The molecule has 110 valence electrons. The van der Waals surface area contributed by atoms with Gasteiger partial charge in [-0.25, -0.2) is 0 Å². The molecule has 1 saturated heterocycles. The molecule has 1 saturated carbocycles. The van der Waals surface area contributed by atoms with Crippen LogP contribution in [-0.4, -0.2) is 23.5 Å². The van der Waals surface area contributed by atoms with Crippen molar-refractivity contribution in [3.8, 4) is 0 Å². The Labute approximate surface area is 127 Å². The van der Waals surface area contributed by atoms with Gasteiger partial charge in [-0.05, 0) is 50.3 Å². The summed E-state index contributed by atoms with van der Waals surface area (Å²) in [7, 11) is 0. The molecular formula is C17H25ClN2. The Morgan fingerprint density at radius 3 is 2.70 bits per heavy atom. The summed E-state index contributed by atoms with van der Waals surface area (Å²) < 4.78 is 0. The third kappa shape index (κ3) is 2.61. The van der Waals surface area contributed by atoms with E-state index in [1.54, 1.807) is 0 Å². The monoisotopic (exact) mass is 292 g/mol. The number of halogens is 1. The van der Waals surface area contributed by atoms with Gasteiger partial charge in [-0.15, -0.1) is 0 Å². The zero-order chi connectivity index (χ0) is 14.1. The van der Waals surface area contributed by atoms with E-state index in [-0.39, 0.29) is 12.1 Å². The summed E-state index contributed by atoms with van der Waals surface area (Å²) in [6.45, 7) is 3.29. The number of benzene rings is 1.